The maximum atomic E-state index is 6.17. The number of hydrogen-bond donors (Lipinski definition) is 1. The Labute approximate surface area is 138 Å². The molecule has 0 atom stereocenters. The van der Waals surface area contributed by atoms with Crippen molar-refractivity contribution in [2.24, 2.45) is 0 Å². The van der Waals surface area contributed by atoms with Gasteiger partial charge in [0.2, 0.25) is 0 Å². The van der Waals surface area contributed by atoms with Crippen LogP contribution >= 0.6 is 23.2 Å². The molecule has 114 valence electrons. The molecule has 1 N–H and O–H groups in total. The first-order valence-electron chi connectivity index (χ1n) is 7.45. The number of anilines is 1. The number of hydrogen-bond acceptors (Lipinski definition) is 3. The molecule has 0 bridgehead atoms. The molecule has 4 rings (SSSR count). The van der Waals surface area contributed by atoms with Crippen LogP contribution in [0.4, 0.5) is 5.82 Å². The summed E-state index contributed by atoms with van der Waals surface area (Å²) in [6.07, 6.45) is 3.16. The number of aromatic nitrogens is 2. The SMILES string of the molecule is Clc1cc2nc(N3CCCNCC3)c3cccn3c2cc1Cl. The molecular weight excluding hydrogens is 319 g/mol. The van der Waals surface area contributed by atoms with E-state index >= 15 is 0 Å². The first-order chi connectivity index (χ1) is 10.7. The third kappa shape index (κ3) is 2.32. The summed E-state index contributed by atoms with van der Waals surface area (Å²) in [7, 11) is 0. The quantitative estimate of drug-likeness (QED) is 0.738. The molecule has 4 nitrogen and oxygen atoms in total. The summed E-state index contributed by atoms with van der Waals surface area (Å²) in [6, 6.07) is 7.87. The summed E-state index contributed by atoms with van der Waals surface area (Å²) in [4.78, 5) is 7.22. The lowest BCUT2D eigenvalue weighted by atomic mass is 10.2. The van der Waals surface area contributed by atoms with Crippen LogP contribution in [-0.4, -0.2) is 35.6 Å². The molecule has 3 aromatic rings. The summed E-state index contributed by atoms with van der Waals surface area (Å²) in [5.74, 6) is 1.01. The number of nitrogens with one attached hydrogen (secondary N) is 1. The molecule has 3 heterocycles. The Morgan fingerprint density at radius 1 is 1.05 bits per heavy atom. The van der Waals surface area contributed by atoms with Gasteiger partial charge in [0.15, 0.2) is 5.82 Å². The van der Waals surface area contributed by atoms with E-state index in [1.165, 1.54) is 0 Å². The van der Waals surface area contributed by atoms with Gasteiger partial charge >= 0.3 is 0 Å². The lowest BCUT2D eigenvalue weighted by Crippen LogP contribution is -2.29. The van der Waals surface area contributed by atoms with E-state index in [2.05, 4.69) is 20.7 Å². The molecule has 0 unspecified atom stereocenters. The second-order valence-electron chi connectivity index (χ2n) is 5.54. The molecule has 1 aliphatic rings. The highest BCUT2D eigenvalue weighted by Crippen LogP contribution is 2.31. The predicted molar refractivity (Wildman–Crippen MR) is 92.4 cm³/mol. The van der Waals surface area contributed by atoms with Crippen LogP contribution in [0.1, 0.15) is 6.42 Å². The van der Waals surface area contributed by atoms with Gasteiger partial charge in [-0.05, 0) is 37.2 Å². The zero-order valence-electron chi connectivity index (χ0n) is 12.0. The molecule has 0 saturated carbocycles. The smallest absolute Gasteiger partial charge is 0.153 e. The molecular formula is C16H16Cl2N4. The monoisotopic (exact) mass is 334 g/mol. The van der Waals surface area contributed by atoms with Crippen molar-refractivity contribution in [3.63, 3.8) is 0 Å². The zero-order chi connectivity index (χ0) is 15.1. The Hall–Kier alpha value is -1.49. The fourth-order valence-corrected chi connectivity index (χ4v) is 3.36. The standard InChI is InChI=1S/C16H16Cl2N4/c17-11-9-13-15(10-12(11)18)22-7-1-3-14(22)16(20-13)21-6-2-4-19-5-8-21/h1,3,7,9-10,19H,2,4-6,8H2. The zero-order valence-corrected chi connectivity index (χ0v) is 13.5. The van der Waals surface area contributed by atoms with Gasteiger partial charge < -0.3 is 14.6 Å². The lowest BCUT2D eigenvalue weighted by molar-refractivity contribution is 0.724. The number of fused-ring (bicyclic) bond motifs is 3. The van der Waals surface area contributed by atoms with Crippen LogP contribution in [0.5, 0.6) is 0 Å². The summed E-state index contributed by atoms with van der Waals surface area (Å²) < 4.78 is 2.14. The fraction of sp³-hybridized carbons (Fsp3) is 0.312. The van der Waals surface area contributed by atoms with Gasteiger partial charge in [0.05, 0.1) is 26.6 Å². The van der Waals surface area contributed by atoms with E-state index in [-0.39, 0.29) is 0 Å². The highest BCUT2D eigenvalue weighted by molar-refractivity contribution is 6.42. The van der Waals surface area contributed by atoms with Gasteiger partial charge in [0.25, 0.3) is 0 Å². The van der Waals surface area contributed by atoms with Crippen molar-refractivity contribution in [3.05, 3.63) is 40.5 Å². The molecule has 1 aliphatic heterocycles. The summed E-state index contributed by atoms with van der Waals surface area (Å²) >= 11 is 12.3. The topological polar surface area (TPSA) is 32.6 Å². The molecule has 0 spiro atoms. The van der Waals surface area contributed by atoms with Crippen LogP contribution in [-0.2, 0) is 0 Å². The van der Waals surface area contributed by atoms with Crippen LogP contribution in [0.15, 0.2) is 30.5 Å². The third-order valence-corrected chi connectivity index (χ3v) is 4.84. The van der Waals surface area contributed by atoms with Gasteiger partial charge in [-0.25, -0.2) is 4.98 Å². The number of halogens is 2. The van der Waals surface area contributed by atoms with Crippen LogP contribution < -0.4 is 10.2 Å². The van der Waals surface area contributed by atoms with E-state index in [9.17, 15) is 0 Å². The number of benzene rings is 1. The van der Waals surface area contributed by atoms with E-state index in [4.69, 9.17) is 28.2 Å². The Morgan fingerprint density at radius 2 is 1.91 bits per heavy atom. The molecule has 1 aromatic carbocycles. The van der Waals surface area contributed by atoms with E-state index < -0.39 is 0 Å². The van der Waals surface area contributed by atoms with Crippen LogP contribution in [0, 0.1) is 0 Å². The van der Waals surface area contributed by atoms with Crippen molar-refractivity contribution < 1.29 is 0 Å². The summed E-state index contributed by atoms with van der Waals surface area (Å²) in [5.41, 5.74) is 2.95. The average molecular weight is 335 g/mol. The minimum Gasteiger partial charge on any atom is -0.354 e. The van der Waals surface area contributed by atoms with Gasteiger partial charge in [-0.1, -0.05) is 23.2 Å². The second kappa shape index (κ2) is 5.61. The van der Waals surface area contributed by atoms with Crippen molar-refractivity contribution in [2.75, 3.05) is 31.1 Å². The molecule has 1 fully saturated rings. The van der Waals surface area contributed by atoms with Crippen molar-refractivity contribution in [3.8, 4) is 0 Å². The lowest BCUT2D eigenvalue weighted by Gasteiger charge is -2.23. The van der Waals surface area contributed by atoms with Gasteiger partial charge in [0, 0.05) is 25.8 Å². The van der Waals surface area contributed by atoms with Crippen molar-refractivity contribution >= 4 is 45.6 Å². The Kier molecular flexibility index (Phi) is 3.60. The largest absolute Gasteiger partial charge is 0.354 e. The van der Waals surface area contributed by atoms with Crippen LogP contribution in [0.25, 0.3) is 16.6 Å². The molecule has 0 amide bonds. The maximum Gasteiger partial charge on any atom is 0.153 e. The minimum atomic E-state index is 0.539. The Morgan fingerprint density at radius 3 is 2.82 bits per heavy atom. The van der Waals surface area contributed by atoms with Crippen molar-refractivity contribution in [2.45, 2.75) is 6.42 Å². The molecule has 2 aromatic heterocycles. The molecule has 0 aliphatic carbocycles. The summed E-state index contributed by atoms with van der Waals surface area (Å²) in [6.45, 7) is 4.01. The minimum absolute atomic E-state index is 0.539. The molecule has 6 heteroatoms. The fourth-order valence-electron chi connectivity index (χ4n) is 3.04. The first-order valence-corrected chi connectivity index (χ1v) is 8.21. The second-order valence-corrected chi connectivity index (χ2v) is 6.36. The molecule has 22 heavy (non-hydrogen) atoms. The van der Waals surface area contributed by atoms with E-state index in [1.807, 2.05) is 24.4 Å². The van der Waals surface area contributed by atoms with Gasteiger partial charge in [-0.2, -0.15) is 0 Å². The van der Waals surface area contributed by atoms with Gasteiger partial charge in [-0.3, -0.25) is 0 Å². The van der Waals surface area contributed by atoms with Gasteiger partial charge in [0.1, 0.15) is 0 Å². The maximum absolute atomic E-state index is 6.17. The van der Waals surface area contributed by atoms with E-state index in [1.54, 1.807) is 0 Å². The normalized spacial score (nSPS) is 16.4. The molecule has 0 radical (unpaired) electrons. The summed E-state index contributed by atoms with van der Waals surface area (Å²) in [5, 5.41) is 4.52. The average Bonchev–Trinajstić information content (AvgIpc) is 2.84. The predicted octanol–water partition coefficient (Wildman–Crippen LogP) is 3.59. The number of nitrogens with zero attached hydrogens (tertiary/aromatic N) is 3. The van der Waals surface area contributed by atoms with Gasteiger partial charge in [-0.15, -0.1) is 0 Å². The van der Waals surface area contributed by atoms with Crippen LogP contribution in [0.3, 0.4) is 0 Å². The van der Waals surface area contributed by atoms with E-state index in [0.717, 1.165) is 55.0 Å². The Bertz CT molecular complexity index is 835. The first kappa shape index (κ1) is 14.1. The third-order valence-electron chi connectivity index (χ3n) is 4.12. The van der Waals surface area contributed by atoms with Crippen LogP contribution in [0.2, 0.25) is 10.0 Å². The highest BCUT2D eigenvalue weighted by atomic mass is 35.5. The molecule has 1 saturated heterocycles. The Balaban J connectivity index is 1.96. The van der Waals surface area contributed by atoms with Crippen molar-refractivity contribution in [1.82, 2.24) is 14.7 Å². The van der Waals surface area contributed by atoms with E-state index in [0.29, 0.717) is 10.0 Å². The highest BCUT2D eigenvalue weighted by Gasteiger charge is 2.17. The number of rotatable bonds is 1. The van der Waals surface area contributed by atoms with Crippen molar-refractivity contribution in [1.29, 1.82) is 0 Å².